The van der Waals surface area contributed by atoms with Gasteiger partial charge in [-0.25, -0.2) is 4.68 Å². The summed E-state index contributed by atoms with van der Waals surface area (Å²) in [5.74, 6) is 0. The van der Waals surface area contributed by atoms with Crippen LogP contribution < -0.4 is 0 Å². The van der Waals surface area contributed by atoms with Crippen molar-refractivity contribution in [1.29, 1.82) is 0 Å². The van der Waals surface area contributed by atoms with E-state index in [0.29, 0.717) is 32.1 Å². The molecule has 238 valence electrons. The molecule has 0 saturated carbocycles. The Morgan fingerprint density at radius 2 is 1.04 bits per heavy atom. The first-order valence-corrected chi connectivity index (χ1v) is 15.5. The van der Waals surface area contributed by atoms with E-state index in [0.717, 1.165) is 22.3 Å². The van der Waals surface area contributed by atoms with E-state index in [-0.39, 0.29) is 13.2 Å². The van der Waals surface area contributed by atoms with Gasteiger partial charge in [-0.3, -0.25) is 0 Å². The van der Waals surface area contributed by atoms with E-state index in [4.69, 9.17) is 23.7 Å². The molecule has 4 aromatic carbocycles. The lowest BCUT2D eigenvalue weighted by Gasteiger charge is -2.46. The molecule has 0 bridgehead atoms. The van der Waals surface area contributed by atoms with Crippen LogP contribution in [-0.4, -0.2) is 51.1 Å². The van der Waals surface area contributed by atoms with Gasteiger partial charge in [-0.15, -0.1) is 5.10 Å². The van der Waals surface area contributed by atoms with Gasteiger partial charge in [0.1, 0.15) is 30.1 Å². The fraction of sp³-hybridized carbons (Fsp3) is 0.297. The lowest BCUT2D eigenvalue weighted by molar-refractivity contribution is -0.292. The third-order valence-corrected chi connectivity index (χ3v) is 7.84. The summed E-state index contributed by atoms with van der Waals surface area (Å²) in [5.41, 5.74) is 4.54. The Bertz CT molecular complexity index is 1570. The largest absolute Gasteiger partial charge is 0.390 e. The molecule has 0 amide bonds. The molecule has 6 rings (SSSR count). The molecule has 2 heterocycles. The van der Waals surface area contributed by atoms with Crippen LogP contribution in [0, 0.1) is 0 Å². The highest BCUT2D eigenvalue weighted by Crippen LogP contribution is 2.35. The maximum absolute atomic E-state index is 9.77. The van der Waals surface area contributed by atoms with Crippen molar-refractivity contribution in [2.24, 2.45) is 0 Å². The molecule has 0 unspecified atom stereocenters. The molecule has 1 aliphatic rings. The second kappa shape index (κ2) is 16.4. The van der Waals surface area contributed by atoms with Crippen molar-refractivity contribution in [2.75, 3.05) is 6.61 Å². The third-order valence-electron chi connectivity index (χ3n) is 7.84. The molecule has 5 atom stereocenters. The predicted molar refractivity (Wildman–Crippen MR) is 171 cm³/mol. The van der Waals surface area contributed by atoms with Crippen LogP contribution in [0.2, 0.25) is 0 Å². The minimum absolute atomic E-state index is 0.239. The number of nitrogens with zero attached hydrogens (tertiary/aromatic N) is 3. The van der Waals surface area contributed by atoms with Gasteiger partial charge < -0.3 is 28.8 Å². The number of benzene rings is 4. The highest BCUT2D eigenvalue weighted by molar-refractivity contribution is 5.16. The van der Waals surface area contributed by atoms with Crippen molar-refractivity contribution < 1.29 is 28.8 Å². The molecular formula is C37H39N3O6. The van der Waals surface area contributed by atoms with Crippen molar-refractivity contribution in [2.45, 2.75) is 63.7 Å². The third kappa shape index (κ3) is 8.52. The monoisotopic (exact) mass is 621 g/mol. The Morgan fingerprint density at radius 3 is 1.52 bits per heavy atom. The Labute approximate surface area is 269 Å². The van der Waals surface area contributed by atoms with E-state index in [2.05, 4.69) is 10.3 Å². The van der Waals surface area contributed by atoms with Crippen molar-refractivity contribution in [3.05, 3.63) is 155 Å². The van der Waals surface area contributed by atoms with Crippen LogP contribution in [0.4, 0.5) is 0 Å². The number of ether oxygens (including phenoxy) is 5. The zero-order valence-electron chi connectivity index (χ0n) is 25.6. The SMILES string of the molecule is OCc1cn([C@@H]2O[C@H](COCc3ccccc3)[C@@H](OCc3ccccc3)[C@H](OCc3ccccc3)[C@H]2OCc2ccccc2)nn1. The van der Waals surface area contributed by atoms with E-state index in [1.807, 2.05) is 121 Å². The summed E-state index contributed by atoms with van der Waals surface area (Å²) in [5, 5.41) is 18.2. The van der Waals surface area contributed by atoms with Gasteiger partial charge in [0, 0.05) is 0 Å². The standard InChI is InChI=1S/C37H39N3O6/c41-22-32-21-40(39-38-32)37-36(45-26-31-19-11-4-12-20-31)35(44-25-30-17-9-3-10-18-30)34(43-24-29-15-7-2-8-16-29)33(46-37)27-42-23-28-13-5-1-6-14-28/h1-21,33-37,41H,22-27H2/t33-,34-,35+,36-,37-/m1/s1. The molecule has 5 aromatic rings. The molecule has 0 aliphatic carbocycles. The molecule has 9 heteroatoms. The first-order chi connectivity index (χ1) is 22.8. The van der Waals surface area contributed by atoms with Gasteiger partial charge in [-0.05, 0) is 22.3 Å². The average Bonchev–Trinajstić information content (AvgIpc) is 3.60. The summed E-state index contributed by atoms with van der Waals surface area (Å²) < 4.78 is 34.7. The second-order valence-electron chi connectivity index (χ2n) is 11.2. The summed E-state index contributed by atoms with van der Waals surface area (Å²) in [6.45, 7) is 1.41. The fourth-order valence-corrected chi connectivity index (χ4v) is 5.49. The van der Waals surface area contributed by atoms with Gasteiger partial charge in [-0.1, -0.05) is 127 Å². The highest BCUT2D eigenvalue weighted by atomic mass is 16.6. The van der Waals surface area contributed by atoms with E-state index in [1.165, 1.54) is 0 Å². The lowest BCUT2D eigenvalue weighted by Crippen LogP contribution is -2.59. The second-order valence-corrected chi connectivity index (χ2v) is 11.2. The van der Waals surface area contributed by atoms with E-state index in [9.17, 15) is 5.11 Å². The lowest BCUT2D eigenvalue weighted by atomic mass is 9.97. The number of rotatable bonds is 15. The number of hydrogen-bond donors (Lipinski definition) is 1. The van der Waals surface area contributed by atoms with Gasteiger partial charge in [-0.2, -0.15) is 0 Å². The van der Waals surface area contributed by atoms with Gasteiger partial charge in [0.25, 0.3) is 0 Å². The number of aliphatic hydroxyl groups excluding tert-OH is 1. The minimum Gasteiger partial charge on any atom is -0.390 e. The maximum Gasteiger partial charge on any atom is 0.181 e. The normalized spacial score (nSPS) is 21.3. The summed E-state index contributed by atoms with van der Waals surface area (Å²) in [6.07, 6.45) is -1.40. The summed E-state index contributed by atoms with van der Waals surface area (Å²) in [6, 6.07) is 40.0. The van der Waals surface area contributed by atoms with E-state index >= 15 is 0 Å². The summed E-state index contributed by atoms with van der Waals surface area (Å²) in [4.78, 5) is 0. The van der Waals surface area contributed by atoms with Crippen LogP contribution in [0.1, 0.15) is 34.2 Å². The van der Waals surface area contributed by atoms with Crippen LogP contribution >= 0.6 is 0 Å². The number of aliphatic hydroxyl groups is 1. The molecule has 46 heavy (non-hydrogen) atoms. The van der Waals surface area contributed by atoms with Crippen LogP contribution in [-0.2, 0) is 56.7 Å². The number of aromatic nitrogens is 3. The Morgan fingerprint density at radius 1 is 0.587 bits per heavy atom. The fourth-order valence-electron chi connectivity index (χ4n) is 5.49. The summed E-state index contributed by atoms with van der Waals surface area (Å²) in [7, 11) is 0. The average molecular weight is 622 g/mol. The van der Waals surface area contributed by atoms with Crippen molar-refractivity contribution >= 4 is 0 Å². The zero-order chi connectivity index (χ0) is 31.4. The Kier molecular flexibility index (Phi) is 11.3. The van der Waals surface area contributed by atoms with Crippen molar-refractivity contribution in [1.82, 2.24) is 15.0 Å². The van der Waals surface area contributed by atoms with Crippen LogP contribution in [0.3, 0.4) is 0 Å². The van der Waals surface area contributed by atoms with Gasteiger partial charge >= 0.3 is 0 Å². The zero-order valence-corrected chi connectivity index (χ0v) is 25.6. The number of hydrogen-bond acceptors (Lipinski definition) is 8. The van der Waals surface area contributed by atoms with E-state index in [1.54, 1.807) is 10.9 Å². The van der Waals surface area contributed by atoms with E-state index < -0.39 is 30.6 Å². The molecule has 1 aromatic heterocycles. The van der Waals surface area contributed by atoms with Gasteiger partial charge in [0.15, 0.2) is 6.23 Å². The van der Waals surface area contributed by atoms with Crippen LogP contribution in [0.25, 0.3) is 0 Å². The van der Waals surface area contributed by atoms with Gasteiger partial charge in [0.2, 0.25) is 0 Å². The first kappa shape index (κ1) is 31.7. The molecule has 0 radical (unpaired) electrons. The molecule has 1 saturated heterocycles. The quantitative estimate of drug-likeness (QED) is 0.161. The molecule has 1 fully saturated rings. The Hall–Kier alpha value is -4.22. The molecule has 1 aliphatic heterocycles. The minimum atomic E-state index is -0.737. The molecule has 1 N–H and O–H groups in total. The maximum atomic E-state index is 9.77. The molecule has 0 spiro atoms. The smallest absolute Gasteiger partial charge is 0.181 e. The molecular weight excluding hydrogens is 582 g/mol. The van der Waals surface area contributed by atoms with Gasteiger partial charge in [0.05, 0.1) is 45.8 Å². The summed E-state index contributed by atoms with van der Waals surface area (Å²) >= 11 is 0. The highest BCUT2D eigenvalue weighted by Gasteiger charge is 2.49. The Balaban J connectivity index is 1.33. The predicted octanol–water partition coefficient (Wildman–Crippen LogP) is 5.64. The van der Waals surface area contributed by atoms with Crippen molar-refractivity contribution in [3.63, 3.8) is 0 Å². The van der Waals surface area contributed by atoms with Crippen molar-refractivity contribution in [3.8, 4) is 0 Å². The first-order valence-electron chi connectivity index (χ1n) is 15.5. The molecule has 9 nitrogen and oxygen atoms in total. The topological polar surface area (TPSA) is 97.1 Å². The van der Waals surface area contributed by atoms with Crippen LogP contribution in [0.5, 0.6) is 0 Å². The van der Waals surface area contributed by atoms with Crippen LogP contribution in [0.15, 0.2) is 128 Å².